The molecule has 294 valence electrons. The van der Waals surface area contributed by atoms with Crippen molar-refractivity contribution in [2.24, 2.45) is 5.92 Å². The van der Waals surface area contributed by atoms with Crippen LogP contribution >= 0.6 is 12.6 Å². The van der Waals surface area contributed by atoms with Crippen molar-refractivity contribution in [1.82, 2.24) is 5.32 Å². The molecule has 0 fully saturated rings. The quantitative estimate of drug-likeness (QED) is 0.0296. The van der Waals surface area contributed by atoms with E-state index in [4.69, 9.17) is 9.47 Å². The summed E-state index contributed by atoms with van der Waals surface area (Å²) < 4.78 is 73.1. The number of nitrogens with zero attached hydrogens (tertiary/aromatic N) is 1. The molecule has 1 amide bonds. The third-order valence-corrected chi connectivity index (χ3v) is 8.89. The molecular weight excluding hydrogens is 736 g/mol. The van der Waals surface area contributed by atoms with Crippen LogP contribution < -0.4 is 15.0 Å². The molecule has 1 unspecified atom stereocenters. The van der Waals surface area contributed by atoms with Gasteiger partial charge in [0.15, 0.2) is 23.3 Å². The summed E-state index contributed by atoms with van der Waals surface area (Å²) in [6.45, 7) is 12.3. The van der Waals surface area contributed by atoms with Crippen molar-refractivity contribution in [3.05, 3.63) is 148 Å². The van der Waals surface area contributed by atoms with Crippen LogP contribution in [0.2, 0.25) is 0 Å². The fourth-order valence-corrected chi connectivity index (χ4v) is 5.34. The number of hydrogen-bond donors (Lipinski definition) is 2. The average molecular weight is 783 g/mol. The SMILES string of the molecule is CCCC(C)/C(C)=C/C=C(\C)CN(C(=O)CNCC)c1ccc(C(=O)OCc2ccccc2)c(OCc2ccccc2)c1.Fc1c(F)c(F)c(S)c(F)c1F. The molecule has 0 radical (unpaired) electrons. The number of esters is 1. The number of thiol groups is 1. The first kappa shape index (κ1) is 44.5. The van der Waals surface area contributed by atoms with Crippen LogP contribution in [0.4, 0.5) is 27.6 Å². The van der Waals surface area contributed by atoms with Crippen LogP contribution in [-0.4, -0.2) is 31.5 Å². The molecule has 4 aromatic carbocycles. The van der Waals surface area contributed by atoms with Crippen molar-refractivity contribution < 1.29 is 41.0 Å². The fourth-order valence-electron chi connectivity index (χ4n) is 5.15. The molecule has 0 aromatic heterocycles. The molecule has 0 aliphatic heterocycles. The van der Waals surface area contributed by atoms with Crippen molar-refractivity contribution in [2.75, 3.05) is 24.5 Å². The minimum Gasteiger partial charge on any atom is -0.488 e. The average Bonchev–Trinajstić information content (AvgIpc) is 3.20. The Morgan fingerprint density at radius 2 is 1.36 bits per heavy atom. The number of hydrogen-bond acceptors (Lipinski definition) is 6. The first-order chi connectivity index (χ1) is 26.3. The van der Waals surface area contributed by atoms with E-state index in [0.29, 0.717) is 36.0 Å². The molecule has 0 heterocycles. The highest BCUT2D eigenvalue weighted by molar-refractivity contribution is 7.80. The Morgan fingerprint density at radius 1 is 0.800 bits per heavy atom. The summed E-state index contributed by atoms with van der Waals surface area (Å²) in [4.78, 5) is 27.2. The molecule has 1 atom stereocenters. The molecular formula is C43H47F5N2O4S. The fraction of sp³-hybridized carbons (Fsp3) is 0.302. The van der Waals surface area contributed by atoms with E-state index in [1.54, 1.807) is 23.1 Å². The maximum absolute atomic E-state index is 13.4. The van der Waals surface area contributed by atoms with E-state index in [9.17, 15) is 31.5 Å². The number of allylic oxidation sites excluding steroid dienone is 3. The Hall–Kier alpha value is -4.94. The number of benzene rings is 4. The molecule has 0 bridgehead atoms. The van der Waals surface area contributed by atoms with Crippen LogP contribution in [0.15, 0.2) is 107 Å². The molecule has 0 saturated heterocycles. The monoisotopic (exact) mass is 782 g/mol. The molecule has 0 aliphatic carbocycles. The number of ether oxygens (including phenoxy) is 2. The highest BCUT2D eigenvalue weighted by Gasteiger charge is 2.24. The van der Waals surface area contributed by atoms with Crippen molar-refractivity contribution in [3.63, 3.8) is 0 Å². The number of anilines is 1. The van der Waals surface area contributed by atoms with E-state index in [-0.39, 0.29) is 25.7 Å². The summed E-state index contributed by atoms with van der Waals surface area (Å²) in [7, 11) is 0. The molecule has 0 spiro atoms. The second-order valence-electron chi connectivity index (χ2n) is 12.8. The lowest BCUT2D eigenvalue weighted by Crippen LogP contribution is -2.39. The van der Waals surface area contributed by atoms with E-state index < -0.39 is 40.0 Å². The second kappa shape index (κ2) is 22.4. The zero-order chi connectivity index (χ0) is 40.5. The van der Waals surface area contributed by atoms with E-state index in [1.807, 2.05) is 74.5 Å². The number of halogens is 5. The van der Waals surface area contributed by atoms with Crippen LogP contribution in [0.25, 0.3) is 0 Å². The summed E-state index contributed by atoms with van der Waals surface area (Å²) in [5.41, 5.74) is 5.20. The summed E-state index contributed by atoms with van der Waals surface area (Å²) in [5.74, 6) is -9.67. The van der Waals surface area contributed by atoms with Crippen LogP contribution in [0.5, 0.6) is 5.75 Å². The lowest BCUT2D eigenvalue weighted by Gasteiger charge is -2.25. The number of likely N-dealkylation sites (N-methyl/N-ethyl adjacent to an activating group) is 1. The molecule has 55 heavy (non-hydrogen) atoms. The molecule has 4 rings (SSSR count). The number of carbonyl (C=O) groups is 2. The van der Waals surface area contributed by atoms with Crippen molar-refractivity contribution in [2.45, 2.75) is 65.6 Å². The summed E-state index contributed by atoms with van der Waals surface area (Å²) in [6, 6.07) is 24.6. The van der Waals surface area contributed by atoms with Crippen LogP contribution in [0.1, 0.15) is 68.9 Å². The summed E-state index contributed by atoms with van der Waals surface area (Å²) in [5, 5.41) is 3.15. The first-order valence-corrected chi connectivity index (χ1v) is 18.3. The Balaban J connectivity index is 0.000000574. The minimum absolute atomic E-state index is 0.0666. The van der Waals surface area contributed by atoms with Gasteiger partial charge in [-0.05, 0) is 56.0 Å². The number of rotatable bonds is 16. The number of carbonyl (C=O) groups excluding carboxylic acids is 2. The molecule has 0 saturated carbocycles. The third kappa shape index (κ3) is 13.4. The topological polar surface area (TPSA) is 67.9 Å². The van der Waals surface area contributed by atoms with E-state index in [0.717, 1.165) is 29.5 Å². The Labute approximate surface area is 325 Å². The maximum Gasteiger partial charge on any atom is 0.342 e. The van der Waals surface area contributed by atoms with Gasteiger partial charge in [0.2, 0.25) is 11.7 Å². The maximum atomic E-state index is 13.4. The smallest absolute Gasteiger partial charge is 0.342 e. The van der Waals surface area contributed by atoms with Gasteiger partial charge in [0.05, 0.1) is 11.4 Å². The van der Waals surface area contributed by atoms with Gasteiger partial charge in [-0.3, -0.25) is 4.79 Å². The molecule has 12 heteroatoms. The lowest BCUT2D eigenvalue weighted by molar-refractivity contribution is -0.117. The van der Waals surface area contributed by atoms with Gasteiger partial charge in [-0.1, -0.05) is 111 Å². The molecule has 0 aliphatic rings. The van der Waals surface area contributed by atoms with Gasteiger partial charge in [0, 0.05) is 18.3 Å². The normalized spacial score (nSPS) is 12.1. The zero-order valence-corrected chi connectivity index (χ0v) is 32.5. The Bertz CT molecular complexity index is 1840. The lowest BCUT2D eigenvalue weighted by atomic mass is 9.97. The molecule has 4 aromatic rings. The second-order valence-corrected chi connectivity index (χ2v) is 13.3. The van der Waals surface area contributed by atoms with Crippen LogP contribution in [-0.2, 0) is 22.7 Å². The van der Waals surface area contributed by atoms with E-state index in [2.05, 4.69) is 50.9 Å². The van der Waals surface area contributed by atoms with E-state index >= 15 is 0 Å². The molecule has 6 nitrogen and oxygen atoms in total. The first-order valence-electron chi connectivity index (χ1n) is 17.9. The predicted octanol–water partition coefficient (Wildman–Crippen LogP) is 10.6. The zero-order valence-electron chi connectivity index (χ0n) is 31.6. The summed E-state index contributed by atoms with van der Waals surface area (Å²) in [6.07, 6.45) is 6.54. The third-order valence-electron chi connectivity index (χ3n) is 8.50. The highest BCUT2D eigenvalue weighted by Crippen LogP contribution is 2.29. The standard InChI is InChI=1S/C37H46N2O4.C6HF5S/c1-6-14-29(4)30(5)20-19-28(3)25-39(36(40)24-38-7-2)33-21-22-34(37(41)43-27-32-17-12-9-13-18-32)35(23-33)42-26-31-15-10-8-11-16-31;7-1-2(8)4(10)6(12)5(11)3(1)9/h8-13,15-23,29,38H,6-7,14,24-27H2,1-5H3;12H/b28-19+,30-20+;. The van der Waals surface area contributed by atoms with Crippen LogP contribution in [0, 0.1) is 35.0 Å². The largest absolute Gasteiger partial charge is 0.488 e. The minimum atomic E-state index is -2.18. The van der Waals surface area contributed by atoms with Crippen molar-refractivity contribution in [1.29, 1.82) is 0 Å². The number of nitrogens with one attached hydrogen (secondary N) is 1. The molecule has 1 N–H and O–H groups in total. The van der Waals surface area contributed by atoms with Crippen molar-refractivity contribution >= 4 is 30.2 Å². The Morgan fingerprint density at radius 3 is 1.93 bits per heavy atom. The van der Waals surface area contributed by atoms with E-state index in [1.165, 1.54) is 5.57 Å². The van der Waals surface area contributed by atoms with Crippen LogP contribution in [0.3, 0.4) is 0 Å². The predicted molar refractivity (Wildman–Crippen MR) is 209 cm³/mol. The van der Waals surface area contributed by atoms with Gasteiger partial charge in [0.25, 0.3) is 0 Å². The van der Waals surface area contributed by atoms with Gasteiger partial charge in [0.1, 0.15) is 24.5 Å². The Kier molecular flexibility index (Phi) is 18.1. The van der Waals surface area contributed by atoms with Gasteiger partial charge in [-0.2, -0.15) is 0 Å². The van der Waals surface area contributed by atoms with Gasteiger partial charge >= 0.3 is 5.97 Å². The highest BCUT2D eigenvalue weighted by atomic mass is 32.1. The van der Waals surface area contributed by atoms with Crippen molar-refractivity contribution in [3.8, 4) is 5.75 Å². The van der Waals surface area contributed by atoms with Gasteiger partial charge < -0.3 is 19.7 Å². The summed E-state index contributed by atoms with van der Waals surface area (Å²) >= 11 is 3.10. The number of amides is 1. The van der Waals surface area contributed by atoms with Gasteiger partial charge in [-0.15, -0.1) is 12.6 Å². The van der Waals surface area contributed by atoms with Gasteiger partial charge in [-0.25, -0.2) is 26.7 Å².